The Balaban J connectivity index is 2.08. The van der Waals surface area contributed by atoms with E-state index in [0.717, 1.165) is 11.1 Å². The fourth-order valence-corrected chi connectivity index (χ4v) is 1.54. The summed E-state index contributed by atoms with van der Waals surface area (Å²) < 4.78 is 0. The van der Waals surface area contributed by atoms with E-state index in [2.05, 4.69) is 18.6 Å². The Kier molecular flexibility index (Phi) is 3.15. The number of hydrogen-bond donors (Lipinski definition) is 1. The molecule has 0 bridgehead atoms. The summed E-state index contributed by atoms with van der Waals surface area (Å²) in [7, 11) is 0. The molecule has 0 aromatic heterocycles. The average molecular weight is 196 g/mol. The maximum atomic E-state index is 6.07. The highest BCUT2D eigenvalue weighted by Crippen LogP contribution is 2.17. The second kappa shape index (κ2) is 4.76. The van der Waals surface area contributed by atoms with Crippen LogP contribution in [-0.4, -0.2) is 0 Å². The maximum Gasteiger partial charge on any atom is 0.0371 e. The smallest absolute Gasteiger partial charge is 0.0371 e. The lowest BCUT2D eigenvalue weighted by Gasteiger charge is -2.11. The van der Waals surface area contributed by atoms with Gasteiger partial charge < -0.3 is 5.73 Å². The third-order valence-electron chi connectivity index (χ3n) is 2.36. The van der Waals surface area contributed by atoms with Crippen molar-refractivity contribution >= 4 is 0 Å². The summed E-state index contributed by atoms with van der Waals surface area (Å²) in [6.07, 6.45) is 2.06. The first-order valence-electron chi connectivity index (χ1n) is 5.07. The fraction of sp³-hybridized carbons (Fsp3) is 0.0714. The van der Waals surface area contributed by atoms with Crippen molar-refractivity contribution in [3.8, 4) is 0 Å². The summed E-state index contributed by atoms with van der Waals surface area (Å²) in [5, 5.41) is 0. The largest absolute Gasteiger partial charge is 0.323 e. The van der Waals surface area contributed by atoms with Crippen molar-refractivity contribution in [3.63, 3.8) is 0 Å². The molecule has 2 N–H and O–H groups in total. The van der Waals surface area contributed by atoms with Crippen LogP contribution in [0.25, 0.3) is 0 Å². The van der Waals surface area contributed by atoms with E-state index in [9.17, 15) is 0 Å². The lowest BCUT2D eigenvalue weighted by molar-refractivity contribution is 0.855. The Morgan fingerprint density at radius 2 is 1.33 bits per heavy atom. The van der Waals surface area contributed by atoms with Gasteiger partial charge in [0.1, 0.15) is 0 Å². The topological polar surface area (TPSA) is 26.0 Å². The molecule has 2 aromatic carbocycles. The predicted molar refractivity (Wildman–Crippen MR) is 63.2 cm³/mol. The van der Waals surface area contributed by atoms with Crippen LogP contribution in [0.3, 0.4) is 0 Å². The van der Waals surface area contributed by atoms with E-state index in [-0.39, 0.29) is 6.04 Å². The molecule has 0 aliphatic heterocycles. The molecule has 0 amide bonds. The van der Waals surface area contributed by atoms with E-state index >= 15 is 0 Å². The highest BCUT2D eigenvalue weighted by Gasteiger charge is 2.05. The summed E-state index contributed by atoms with van der Waals surface area (Å²) in [6, 6.07) is 20.2. The van der Waals surface area contributed by atoms with E-state index < -0.39 is 0 Å². The van der Waals surface area contributed by atoms with Gasteiger partial charge in [-0.25, -0.2) is 0 Å². The van der Waals surface area contributed by atoms with Crippen molar-refractivity contribution < 1.29 is 0 Å². The van der Waals surface area contributed by atoms with E-state index in [0.29, 0.717) is 0 Å². The van der Waals surface area contributed by atoms with Gasteiger partial charge in [0.15, 0.2) is 0 Å². The van der Waals surface area contributed by atoms with Gasteiger partial charge in [0.05, 0.1) is 0 Å². The first-order chi connectivity index (χ1) is 7.36. The molecule has 15 heavy (non-hydrogen) atoms. The molecule has 1 heteroatoms. The summed E-state index contributed by atoms with van der Waals surface area (Å²) in [6.45, 7) is 0. The lowest BCUT2D eigenvalue weighted by atomic mass is 10.00. The van der Waals surface area contributed by atoms with Crippen molar-refractivity contribution in [2.24, 2.45) is 5.73 Å². The maximum absolute atomic E-state index is 6.07. The highest BCUT2D eigenvalue weighted by atomic mass is 14.6. The highest BCUT2D eigenvalue weighted by molar-refractivity contribution is 5.30. The molecule has 0 saturated carbocycles. The molecule has 0 saturated heterocycles. The molecule has 0 aliphatic rings. The second-order valence-corrected chi connectivity index (χ2v) is 3.51. The first-order valence-corrected chi connectivity index (χ1v) is 5.07. The molecule has 0 aliphatic carbocycles. The molecule has 1 radical (unpaired) electrons. The van der Waals surface area contributed by atoms with Gasteiger partial charge in [0, 0.05) is 12.5 Å². The van der Waals surface area contributed by atoms with E-state index in [1.807, 2.05) is 48.5 Å². The van der Waals surface area contributed by atoms with Crippen molar-refractivity contribution in [2.75, 3.05) is 0 Å². The molecule has 0 unspecified atom stereocenters. The number of nitrogens with two attached hydrogens (primary N) is 1. The minimum absolute atomic E-state index is 0.0337. The van der Waals surface area contributed by atoms with Crippen LogP contribution >= 0.6 is 0 Å². The Morgan fingerprint density at radius 1 is 0.800 bits per heavy atom. The normalized spacial score (nSPS) is 12.3. The molecule has 2 aromatic rings. The number of hydrogen-bond acceptors (Lipinski definition) is 1. The quantitative estimate of drug-likeness (QED) is 0.802. The number of benzene rings is 2. The van der Waals surface area contributed by atoms with Crippen molar-refractivity contribution in [3.05, 3.63) is 78.2 Å². The second-order valence-electron chi connectivity index (χ2n) is 3.51. The number of rotatable bonds is 3. The Hall–Kier alpha value is -1.60. The van der Waals surface area contributed by atoms with E-state index in [1.54, 1.807) is 0 Å². The predicted octanol–water partition coefficient (Wildman–Crippen LogP) is 2.94. The summed E-state index contributed by atoms with van der Waals surface area (Å²) >= 11 is 0. The SMILES string of the molecule is N[C@@H]([CH]c1ccccc1)c1ccccc1. The average Bonchev–Trinajstić information content (AvgIpc) is 2.31. The fourth-order valence-electron chi connectivity index (χ4n) is 1.54. The van der Waals surface area contributed by atoms with Crippen LogP contribution in [0.5, 0.6) is 0 Å². The molecule has 1 nitrogen and oxygen atoms in total. The molecule has 1 atom stereocenters. The van der Waals surface area contributed by atoms with Gasteiger partial charge >= 0.3 is 0 Å². The van der Waals surface area contributed by atoms with Gasteiger partial charge in [0.2, 0.25) is 0 Å². The molecule has 0 heterocycles. The molecule has 75 valence electrons. The molecule has 2 rings (SSSR count). The van der Waals surface area contributed by atoms with Crippen LogP contribution < -0.4 is 5.73 Å². The van der Waals surface area contributed by atoms with Crippen LogP contribution in [0.2, 0.25) is 0 Å². The lowest BCUT2D eigenvalue weighted by Crippen LogP contribution is -2.11. The van der Waals surface area contributed by atoms with Crippen LogP contribution in [0, 0.1) is 6.42 Å². The van der Waals surface area contributed by atoms with Gasteiger partial charge in [-0.2, -0.15) is 0 Å². The standard InChI is InChI=1S/C14H14N/c15-14(13-9-5-2-6-10-13)11-12-7-3-1-4-8-12/h1-11,14H,15H2/t14-/m0/s1. The van der Waals surface area contributed by atoms with Gasteiger partial charge in [-0.1, -0.05) is 60.7 Å². The van der Waals surface area contributed by atoms with Crippen LogP contribution in [0.15, 0.2) is 60.7 Å². The molecule has 0 fully saturated rings. The van der Waals surface area contributed by atoms with Gasteiger partial charge in [0.25, 0.3) is 0 Å². The van der Waals surface area contributed by atoms with Crippen molar-refractivity contribution in [1.29, 1.82) is 0 Å². The van der Waals surface area contributed by atoms with Crippen LogP contribution in [0.4, 0.5) is 0 Å². The Morgan fingerprint density at radius 3 is 1.93 bits per heavy atom. The van der Waals surface area contributed by atoms with Crippen molar-refractivity contribution in [2.45, 2.75) is 6.04 Å². The Labute approximate surface area is 90.6 Å². The molecule has 0 spiro atoms. The summed E-state index contributed by atoms with van der Waals surface area (Å²) in [4.78, 5) is 0. The minimum atomic E-state index is -0.0337. The van der Waals surface area contributed by atoms with E-state index in [1.165, 1.54) is 0 Å². The van der Waals surface area contributed by atoms with Gasteiger partial charge in [-0.3, -0.25) is 0 Å². The zero-order valence-corrected chi connectivity index (χ0v) is 8.51. The monoisotopic (exact) mass is 196 g/mol. The van der Waals surface area contributed by atoms with E-state index in [4.69, 9.17) is 5.73 Å². The van der Waals surface area contributed by atoms with Crippen molar-refractivity contribution in [1.82, 2.24) is 0 Å². The first kappa shape index (κ1) is 9.94. The Bertz CT molecular complexity index is 394. The van der Waals surface area contributed by atoms with Gasteiger partial charge in [-0.15, -0.1) is 0 Å². The zero-order chi connectivity index (χ0) is 10.5. The minimum Gasteiger partial charge on any atom is -0.323 e. The van der Waals surface area contributed by atoms with Gasteiger partial charge in [-0.05, 0) is 11.1 Å². The van der Waals surface area contributed by atoms with Crippen LogP contribution in [0.1, 0.15) is 17.2 Å². The summed E-state index contributed by atoms with van der Waals surface area (Å²) in [5.41, 5.74) is 8.37. The molecular weight excluding hydrogens is 182 g/mol. The molecular formula is C14H14N. The summed E-state index contributed by atoms with van der Waals surface area (Å²) in [5.74, 6) is 0. The zero-order valence-electron chi connectivity index (χ0n) is 8.51. The third kappa shape index (κ3) is 2.67. The third-order valence-corrected chi connectivity index (χ3v) is 2.36. The van der Waals surface area contributed by atoms with Crippen LogP contribution in [-0.2, 0) is 0 Å².